The molecule has 0 aliphatic carbocycles. The molecule has 6 heteroatoms. The van der Waals surface area contributed by atoms with Crippen molar-refractivity contribution < 1.29 is 4.79 Å². The minimum Gasteiger partial charge on any atom is -0.350 e. The molecule has 1 N–H and O–H groups in total. The minimum absolute atomic E-state index is 0.176. The fourth-order valence-electron chi connectivity index (χ4n) is 1.27. The molecule has 1 amide bonds. The van der Waals surface area contributed by atoms with Crippen LogP contribution in [0.4, 0.5) is 0 Å². The summed E-state index contributed by atoms with van der Waals surface area (Å²) in [5.41, 5.74) is 0.176. The SMILES string of the molecule is CSCC(C)CNC(=O)c1nc(Cl)ccc1Cl. The highest BCUT2D eigenvalue weighted by atomic mass is 35.5. The van der Waals surface area contributed by atoms with Crippen molar-refractivity contribution in [3.8, 4) is 0 Å². The van der Waals surface area contributed by atoms with Crippen molar-refractivity contribution in [2.75, 3.05) is 18.6 Å². The van der Waals surface area contributed by atoms with E-state index in [4.69, 9.17) is 23.2 Å². The summed E-state index contributed by atoms with van der Waals surface area (Å²) in [4.78, 5) is 15.7. The molecular weight excluding hydrogens is 279 g/mol. The zero-order valence-electron chi connectivity index (χ0n) is 9.67. The fraction of sp³-hybridized carbons (Fsp3) is 0.455. The van der Waals surface area contributed by atoms with Crippen molar-refractivity contribution in [2.24, 2.45) is 5.92 Å². The standard InChI is InChI=1S/C11H14Cl2N2OS/c1-7(6-17-2)5-14-11(16)10-8(12)3-4-9(13)15-10/h3-4,7H,5-6H2,1-2H3,(H,14,16). The molecule has 0 spiro atoms. The Morgan fingerprint density at radius 1 is 1.53 bits per heavy atom. The van der Waals surface area contributed by atoms with Crippen LogP contribution in [-0.4, -0.2) is 29.4 Å². The van der Waals surface area contributed by atoms with Gasteiger partial charge in [-0.2, -0.15) is 11.8 Å². The van der Waals surface area contributed by atoms with Gasteiger partial charge >= 0.3 is 0 Å². The highest BCUT2D eigenvalue weighted by Crippen LogP contribution is 2.16. The summed E-state index contributed by atoms with van der Waals surface area (Å²) in [6, 6.07) is 3.12. The molecule has 17 heavy (non-hydrogen) atoms. The summed E-state index contributed by atoms with van der Waals surface area (Å²) in [6.45, 7) is 2.67. The van der Waals surface area contributed by atoms with Crippen molar-refractivity contribution in [1.82, 2.24) is 10.3 Å². The Kier molecular flexibility index (Phi) is 6.09. The van der Waals surface area contributed by atoms with Crippen molar-refractivity contribution >= 4 is 40.9 Å². The van der Waals surface area contributed by atoms with Crippen molar-refractivity contribution in [1.29, 1.82) is 0 Å². The van der Waals surface area contributed by atoms with Gasteiger partial charge in [-0.05, 0) is 30.1 Å². The lowest BCUT2D eigenvalue weighted by atomic mass is 10.2. The Morgan fingerprint density at radius 2 is 2.24 bits per heavy atom. The van der Waals surface area contributed by atoms with Crippen LogP contribution in [0.1, 0.15) is 17.4 Å². The number of amides is 1. The summed E-state index contributed by atoms with van der Waals surface area (Å²) in [5, 5.41) is 3.36. The van der Waals surface area contributed by atoms with Crippen molar-refractivity contribution in [2.45, 2.75) is 6.92 Å². The number of hydrogen-bond acceptors (Lipinski definition) is 3. The molecule has 1 rings (SSSR count). The van der Waals surface area contributed by atoms with Gasteiger partial charge in [0.1, 0.15) is 10.8 Å². The second kappa shape index (κ2) is 7.09. The van der Waals surface area contributed by atoms with E-state index < -0.39 is 0 Å². The summed E-state index contributed by atoms with van der Waals surface area (Å²) < 4.78 is 0. The zero-order valence-corrected chi connectivity index (χ0v) is 12.0. The number of pyridine rings is 1. The van der Waals surface area contributed by atoms with E-state index >= 15 is 0 Å². The highest BCUT2D eigenvalue weighted by Gasteiger charge is 2.13. The smallest absolute Gasteiger partial charge is 0.271 e. The summed E-state index contributed by atoms with van der Waals surface area (Å²) in [7, 11) is 0. The van der Waals surface area contributed by atoms with Gasteiger partial charge in [0.15, 0.2) is 0 Å². The third-order valence-corrected chi connectivity index (χ3v) is 3.51. The highest BCUT2D eigenvalue weighted by molar-refractivity contribution is 7.98. The van der Waals surface area contributed by atoms with Crippen LogP contribution in [0.3, 0.4) is 0 Å². The predicted octanol–water partition coefficient (Wildman–Crippen LogP) is 3.12. The first-order valence-corrected chi connectivity index (χ1v) is 7.28. The summed E-state index contributed by atoms with van der Waals surface area (Å²) in [6.07, 6.45) is 2.04. The molecule has 0 aliphatic heterocycles. The van der Waals surface area contributed by atoms with Crippen molar-refractivity contribution in [3.63, 3.8) is 0 Å². The van der Waals surface area contributed by atoms with E-state index in [0.717, 1.165) is 5.75 Å². The van der Waals surface area contributed by atoms with E-state index in [1.807, 2.05) is 6.26 Å². The van der Waals surface area contributed by atoms with E-state index in [0.29, 0.717) is 17.5 Å². The number of halogens is 2. The van der Waals surface area contributed by atoms with E-state index in [1.54, 1.807) is 23.9 Å². The molecule has 94 valence electrons. The van der Waals surface area contributed by atoms with Crippen LogP contribution in [0.25, 0.3) is 0 Å². The number of hydrogen-bond donors (Lipinski definition) is 1. The normalized spacial score (nSPS) is 12.2. The van der Waals surface area contributed by atoms with Crippen molar-refractivity contribution in [3.05, 3.63) is 28.0 Å². The lowest BCUT2D eigenvalue weighted by molar-refractivity contribution is 0.0944. The molecule has 0 aromatic carbocycles. The van der Waals surface area contributed by atoms with Crippen LogP contribution < -0.4 is 5.32 Å². The molecule has 0 saturated heterocycles. The van der Waals surface area contributed by atoms with Crippen LogP contribution >= 0.6 is 35.0 Å². The molecule has 1 aromatic heterocycles. The summed E-state index contributed by atoms with van der Waals surface area (Å²) >= 11 is 13.4. The average molecular weight is 293 g/mol. The van der Waals surface area contributed by atoms with E-state index in [9.17, 15) is 4.79 Å². The Labute approximate surface area is 115 Å². The van der Waals surface area contributed by atoms with Gasteiger partial charge in [-0.25, -0.2) is 4.98 Å². The maximum Gasteiger partial charge on any atom is 0.271 e. The third-order valence-electron chi connectivity index (χ3n) is 2.09. The topological polar surface area (TPSA) is 42.0 Å². The minimum atomic E-state index is -0.287. The third kappa shape index (κ3) is 4.74. The fourth-order valence-corrected chi connectivity index (χ4v) is 2.30. The quantitative estimate of drug-likeness (QED) is 0.848. The van der Waals surface area contributed by atoms with Gasteiger partial charge in [0.25, 0.3) is 5.91 Å². The van der Waals surface area contributed by atoms with Gasteiger partial charge in [0.05, 0.1) is 5.02 Å². The second-order valence-corrected chi connectivity index (χ2v) is 5.44. The van der Waals surface area contributed by atoms with E-state index in [-0.39, 0.29) is 16.8 Å². The lowest BCUT2D eigenvalue weighted by Crippen LogP contribution is -2.30. The van der Waals surface area contributed by atoms with Gasteiger partial charge in [-0.15, -0.1) is 0 Å². The molecular formula is C11H14Cl2N2OS. The first-order chi connectivity index (χ1) is 8.04. The monoisotopic (exact) mass is 292 g/mol. The number of rotatable bonds is 5. The van der Waals surface area contributed by atoms with Gasteiger partial charge in [0.2, 0.25) is 0 Å². The predicted molar refractivity (Wildman–Crippen MR) is 74.1 cm³/mol. The molecule has 1 atom stereocenters. The van der Waals surface area contributed by atoms with E-state index in [2.05, 4.69) is 17.2 Å². The second-order valence-electron chi connectivity index (χ2n) is 3.73. The molecule has 3 nitrogen and oxygen atoms in total. The molecule has 0 radical (unpaired) electrons. The number of carbonyl (C=O) groups excluding carboxylic acids is 1. The molecule has 0 fully saturated rings. The Bertz CT molecular complexity index is 401. The van der Waals surface area contributed by atoms with Crippen LogP contribution in [-0.2, 0) is 0 Å². The maximum atomic E-state index is 11.8. The van der Waals surface area contributed by atoms with Gasteiger partial charge in [0, 0.05) is 6.54 Å². The molecule has 0 aliphatic rings. The number of nitrogens with zero attached hydrogens (tertiary/aromatic N) is 1. The molecule has 0 saturated carbocycles. The van der Waals surface area contributed by atoms with Gasteiger partial charge in [-0.1, -0.05) is 30.1 Å². The Morgan fingerprint density at radius 3 is 2.88 bits per heavy atom. The molecule has 1 aromatic rings. The number of carbonyl (C=O) groups is 1. The number of nitrogens with one attached hydrogen (secondary N) is 1. The van der Waals surface area contributed by atoms with E-state index in [1.165, 1.54) is 0 Å². The largest absolute Gasteiger partial charge is 0.350 e. The first kappa shape index (κ1) is 14.6. The maximum absolute atomic E-state index is 11.8. The summed E-state index contributed by atoms with van der Waals surface area (Å²) in [5.74, 6) is 1.12. The van der Waals surface area contributed by atoms with Crippen LogP contribution in [0.2, 0.25) is 10.2 Å². The molecule has 1 unspecified atom stereocenters. The number of thioether (sulfide) groups is 1. The average Bonchev–Trinajstić information content (AvgIpc) is 2.29. The van der Waals surface area contributed by atoms with Gasteiger partial charge < -0.3 is 5.32 Å². The van der Waals surface area contributed by atoms with Crippen LogP contribution in [0, 0.1) is 5.92 Å². The zero-order chi connectivity index (χ0) is 12.8. The first-order valence-electron chi connectivity index (χ1n) is 5.13. The Balaban J connectivity index is 2.61. The van der Waals surface area contributed by atoms with Crippen LogP contribution in [0.15, 0.2) is 12.1 Å². The van der Waals surface area contributed by atoms with Crippen LogP contribution in [0.5, 0.6) is 0 Å². The lowest BCUT2D eigenvalue weighted by Gasteiger charge is -2.11. The number of aromatic nitrogens is 1. The molecule has 0 bridgehead atoms. The Hall–Kier alpha value is -0.450. The molecule has 1 heterocycles. The van der Waals surface area contributed by atoms with Gasteiger partial charge in [-0.3, -0.25) is 4.79 Å².